The number of carboxylic acid groups (broad SMARTS) is 2. The van der Waals surface area contributed by atoms with Crippen molar-refractivity contribution in [1.29, 1.82) is 0 Å². The number of hydrogen-bond acceptors (Lipinski definition) is 10. The number of pyridine rings is 1. The van der Waals surface area contributed by atoms with Crippen LogP contribution in [0.25, 0.3) is 22.0 Å². The largest absolute Gasteiger partial charge is 0.481 e. The van der Waals surface area contributed by atoms with Crippen molar-refractivity contribution in [3.05, 3.63) is 75.2 Å². The second-order valence-corrected chi connectivity index (χ2v) is 11.1. The van der Waals surface area contributed by atoms with Gasteiger partial charge in [0.1, 0.15) is 17.2 Å². The van der Waals surface area contributed by atoms with Crippen molar-refractivity contribution in [3.63, 3.8) is 0 Å². The van der Waals surface area contributed by atoms with Gasteiger partial charge in [0.05, 0.1) is 35.9 Å². The Bertz CT molecular complexity index is 1950. The van der Waals surface area contributed by atoms with Gasteiger partial charge in [-0.15, -0.1) is 0 Å². The summed E-state index contributed by atoms with van der Waals surface area (Å²) in [6, 6.07) is 6.22. The highest BCUT2D eigenvalue weighted by Gasteiger charge is 2.31. The molecule has 3 heterocycles. The lowest BCUT2D eigenvalue weighted by Crippen LogP contribution is -2.22. The molecule has 1 saturated carbocycles. The predicted molar refractivity (Wildman–Crippen MR) is 168 cm³/mol. The molecule has 2 aliphatic rings. The number of aromatic nitrogens is 3. The molecule has 0 radical (unpaired) electrons. The molecular weight excluding hydrogens is 618 g/mol. The zero-order chi connectivity index (χ0) is 34.0. The van der Waals surface area contributed by atoms with Crippen LogP contribution in [0.4, 0.5) is 26.2 Å². The molecule has 0 unspecified atom stereocenters. The number of halogens is 2. The zero-order valence-corrected chi connectivity index (χ0v) is 25.3. The highest BCUT2D eigenvalue weighted by molar-refractivity contribution is 5.95. The van der Waals surface area contributed by atoms with E-state index in [2.05, 4.69) is 14.9 Å². The van der Waals surface area contributed by atoms with Crippen molar-refractivity contribution in [1.82, 2.24) is 14.5 Å². The van der Waals surface area contributed by atoms with Gasteiger partial charge < -0.3 is 35.9 Å². The van der Waals surface area contributed by atoms with Crippen LogP contribution in [0.15, 0.2) is 41.5 Å². The number of carboxylic acids is 2. The summed E-state index contributed by atoms with van der Waals surface area (Å²) in [6.07, 6.45) is 4.56. The van der Waals surface area contributed by atoms with Crippen LogP contribution in [0.1, 0.15) is 60.1 Å². The van der Waals surface area contributed by atoms with Crippen LogP contribution in [0, 0.1) is 11.6 Å². The average Bonchev–Trinajstić information content (AvgIpc) is 3.79. The molecule has 15 heteroatoms. The molecule has 13 nitrogen and oxygen atoms in total. The molecule has 6 N–H and O–H groups in total. The molecule has 0 bridgehead atoms. The third-order valence-electron chi connectivity index (χ3n) is 7.83. The van der Waals surface area contributed by atoms with Crippen LogP contribution in [0.3, 0.4) is 0 Å². The van der Waals surface area contributed by atoms with Crippen LogP contribution >= 0.6 is 0 Å². The van der Waals surface area contributed by atoms with Crippen LogP contribution in [-0.4, -0.2) is 55.8 Å². The van der Waals surface area contributed by atoms with Crippen LogP contribution in [0.2, 0.25) is 0 Å². The maximum absolute atomic E-state index is 16.2. The topological polar surface area (TPSA) is 204 Å². The molecule has 246 valence electrons. The van der Waals surface area contributed by atoms with Gasteiger partial charge >= 0.3 is 17.9 Å². The lowest BCUT2D eigenvalue weighted by atomic mass is 9.98. The molecule has 0 amide bonds. The molecular formula is C32H32F2N6O7. The Morgan fingerprint density at radius 3 is 2.40 bits per heavy atom. The summed E-state index contributed by atoms with van der Waals surface area (Å²) < 4.78 is 38.3. The number of nitrogen functional groups attached to an aromatic ring is 2. The van der Waals surface area contributed by atoms with Gasteiger partial charge in [0, 0.05) is 42.8 Å². The number of carbonyl (C=O) groups excluding carboxylic acids is 1. The van der Waals surface area contributed by atoms with Gasteiger partial charge in [0.15, 0.2) is 5.82 Å². The number of aliphatic carboxylic acids is 2. The number of carbonyl (C=O) groups is 3. The number of ether oxygens (including phenoxy) is 1. The predicted octanol–water partition coefficient (Wildman–Crippen LogP) is 3.91. The van der Waals surface area contributed by atoms with Crippen LogP contribution < -0.4 is 21.8 Å². The molecule has 2 aromatic carbocycles. The van der Waals surface area contributed by atoms with Crippen molar-refractivity contribution in [2.45, 2.75) is 51.6 Å². The Morgan fingerprint density at radius 2 is 1.79 bits per heavy atom. The summed E-state index contributed by atoms with van der Waals surface area (Å²) in [4.78, 5) is 54.9. The zero-order valence-electron chi connectivity index (χ0n) is 25.3. The summed E-state index contributed by atoms with van der Waals surface area (Å²) in [7, 11) is 0. The standard InChI is InChI=1S/C28H26F2N6O3.C4H6O4/c1-2-39-27(38)19-13-36(17-4-5-17)24-18(25(19)37)10-20(29)22(23(24)30)15-3-6-21-14(9-15)7-8-35(21)12-16-11-33-28(32)34-26(16)31;5-3(6)1-2-4(7)8/h3,6,9-11,13,17H,2,4-5,7-8,12H2,1H3,(H4,31,32,33,34);1-2H2,(H,5,6)(H,7,8). The first-order valence-electron chi connectivity index (χ1n) is 14.8. The number of benzene rings is 2. The van der Waals surface area contributed by atoms with Gasteiger partial charge in [-0.05, 0) is 55.5 Å². The second-order valence-electron chi connectivity index (χ2n) is 11.1. The highest BCUT2D eigenvalue weighted by atomic mass is 19.1. The van der Waals surface area contributed by atoms with Crippen LogP contribution in [-0.2, 0) is 27.3 Å². The first-order valence-corrected chi connectivity index (χ1v) is 14.8. The molecule has 0 spiro atoms. The number of fused-ring (bicyclic) bond motifs is 2. The fourth-order valence-electron chi connectivity index (χ4n) is 5.47. The molecule has 1 fully saturated rings. The molecule has 2 aromatic heterocycles. The minimum atomic E-state index is -1.08. The van der Waals surface area contributed by atoms with E-state index < -0.39 is 35.0 Å². The molecule has 6 rings (SSSR count). The molecule has 1 aliphatic carbocycles. The lowest BCUT2D eigenvalue weighted by molar-refractivity contribution is -0.143. The average molecular weight is 651 g/mol. The molecule has 4 aromatic rings. The van der Waals surface area contributed by atoms with E-state index in [0.29, 0.717) is 30.9 Å². The Hall–Kier alpha value is -5.60. The van der Waals surface area contributed by atoms with Crippen LogP contribution in [0.5, 0.6) is 0 Å². The Balaban J connectivity index is 0.000000483. The normalized spacial score (nSPS) is 13.6. The summed E-state index contributed by atoms with van der Waals surface area (Å²) in [5.41, 5.74) is 13.3. The third-order valence-corrected chi connectivity index (χ3v) is 7.83. The van der Waals surface area contributed by atoms with E-state index in [1.165, 1.54) is 6.20 Å². The smallest absolute Gasteiger partial charge is 0.343 e. The molecule has 0 saturated heterocycles. The summed E-state index contributed by atoms with van der Waals surface area (Å²) in [5, 5.41) is 15.6. The maximum Gasteiger partial charge on any atom is 0.343 e. The van der Waals surface area contributed by atoms with E-state index in [9.17, 15) is 19.2 Å². The summed E-state index contributed by atoms with van der Waals surface area (Å²) in [5.74, 6) is -4.25. The van der Waals surface area contributed by atoms with Gasteiger partial charge in [0.25, 0.3) is 0 Å². The fraction of sp³-hybridized carbons (Fsp3) is 0.312. The van der Waals surface area contributed by atoms with E-state index in [0.717, 1.165) is 35.7 Å². The quantitative estimate of drug-likeness (QED) is 0.190. The van der Waals surface area contributed by atoms with Crippen molar-refractivity contribution >= 4 is 46.3 Å². The Morgan fingerprint density at radius 1 is 1.09 bits per heavy atom. The second kappa shape index (κ2) is 13.4. The molecule has 1 aliphatic heterocycles. The van der Waals surface area contributed by atoms with E-state index in [-0.39, 0.29) is 53.5 Å². The third kappa shape index (κ3) is 6.98. The number of hydrogen-bond donors (Lipinski definition) is 4. The monoisotopic (exact) mass is 650 g/mol. The molecule has 0 atom stereocenters. The Labute approximate surface area is 266 Å². The van der Waals surface area contributed by atoms with Crippen molar-refractivity contribution in [2.75, 3.05) is 29.5 Å². The maximum atomic E-state index is 16.2. The van der Waals surface area contributed by atoms with E-state index >= 15 is 8.78 Å². The van der Waals surface area contributed by atoms with Gasteiger partial charge in [-0.3, -0.25) is 14.4 Å². The van der Waals surface area contributed by atoms with Gasteiger partial charge in [-0.2, -0.15) is 4.98 Å². The number of rotatable bonds is 9. The van der Waals surface area contributed by atoms with Gasteiger partial charge in [-0.25, -0.2) is 18.6 Å². The number of esters is 1. The Kier molecular flexibility index (Phi) is 9.35. The van der Waals surface area contributed by atoms with Crippen molar-refractivity contribution in [3.8, 4) is 11.1 Å². The minimum Gasteiger partial charge on any atom is -0.481 e. The fourth-order valence-corrected chi connectivity index (χ4v) is 5.47. The minimum absolute atomic E-state index is 0.00657. The SMILES string of the molecule is CCOC(=O)c1cn(C2CC2)c2c(F)c(-c3ccc4c(c3)CCN4Cc3cnc(N)nc3N)c(F)cc2c1=O.O=C(O)CCC(=O)O. The van der Waals surface area contributed by atoms with Gasteiger partial charge in [-0.1, -0.05) is 6.07 Å². The lowest BCUT2D eigenvalue weighted by Gasteiger charge is -2.20. The summed E-state index contributed by atoms with van der Waals surface area (Å²) in [6.45, 7) is 2.86. The number of nitrogens with two attached hydrogens (primary N) is 2. The van der Waals surface area contributed by atoms with E-state index in [1.54, 1.807) is 29.8 Å². The van der Waals surface area contributed by atoms with E-state index in [4.69, 9.17) is 26.4 Å². The van der Waals surface area contributed by atoms with E-state index in [1.807, 2.05) is 6.07 Å². The summed E-state index contributed by atoms with van der Waals surface area (Å²) >= 11 is 0. The first kappa shape index (κ1) is 32.8. The number of nitrogens with zero attached hydrogens (tertiary/aromatic N) is 4. The van der Waals surface area contributed by atoms with Crippen molar-refractivity contribution in [2.24, 2.45) is 0 Å². The first-order chi connectivity index (χ1) is 22.4. The molecule has 47 heavy (non-hydrogen) atoms. The number of anilines is 3. The highest BCUT2D eigenvalue weighted by Crippen LogP contribution is 2.41. The van der Waals surface area contributed by atoms with Crippen molar-refractivity contribution < 1.29 is 38.1 Å². The van der Waals surface area contributed by atoms with Gasteiger partial charge in [0.2, 0.25) is 11.4 Å².